The third-order valence-electron chi connectivity index (χ3n) is 4.87. The van der Waals surface area contributed by atoms with E-state index in [-0.39, 0.29) is 5.92 Å². The fraction of sp³-hybridized carbons (Fsp3) is 0.850. The molecule has 2 heteroatoms. The van der Waals surface area contributed by atoms with Crippen LogP contribution < -0.4 is 0 Å². The molecule has 0 radical (unpaired) electrons. The van der Waals surface area contributed by atoms with E-state index < -0.39 is 5.97 Å². The first-order valence-corrected chi connectivity index (χ1v) is 9.25. The van der Waals surface area contributed by atoms with Gasteiger partial charge in [0, 0.05) is 0 Å². The summed E-state index contributed by atoms with van der Waals surface area (Å²) in [4.78, 5) is 10.7. The lowest BCUT2D eigenvalue weighted by Crippen LogP contribution is -2.08. The minimum absolute atomic E-state index is 0.227. The molecule has 0 saturated carbocycles. The van der Waals surface area contributed by atoms with E-state index in [9.17, 15) is 4.79 Å². The van der Waals surface area contributed by atoms with Crippen LogP contribution >= 0.6 is 0 Å². The summed E-state index contributed by atoms with van der Waals surface area (Å²) >= 11 is 0. The van der Waals surface area contributed by atoms with Crippen LogP contribution in [0.1, 0.15) is 92.4 Å². The minimum Gasteiger partial charge on any atom is -0.481 e. The molecule has 0 heterocycles. The van der Waals surface area contributed by atoms with Gasteiger partial charge in [-0.1, -0.05) is 71.4 Å². The van der Waals surface area contributed by atoms with Gasteiger partial charge in [-0.05, 0) is 44.4 Å². The lowest BCUT2D eigenvalue weighted by molar-refractivity contribution is -0.141. The number of rotatable bonds is 13. The van der Waals surface area contributed by atoms with Crippen LogP contribution in [0.25, 0.3) is 0 Å². The van der Waals surface area contributed by atoms with Gasteiger partial charge in [0.15, 0.2) is 0 Å². The van der Waals surface area contributed by atoms with Crippen LogP contribution in [0.2, 0.25) is 0 Å². The first kappa shape index (κ1) is 21.2. The Morgan fingerprint density at radius 1 is 1.00 bits per heavy atom. The van der Waals surface area contributed by atoms with Gasteiger partial charge in [0.05, 0.1) is 5.92 Å². The molecular weight excluding hydrogens is 272 g/mol. The fourth-order valence-corrected chi connectivity index (χ4v) is 2.70. The zero-order valence-electron chi connectivity index (χ0n) is 15.5. The van der Waals surface area contributed by atoms with Crippen molar-refractivity contribution >= 4 is 5.97 Å². The SMILES string of the molecule is CCC(C)CCCC(C)CCC/C(C)=C/CCC(C)C(=O)O. The summed E-state index contributed by atoms with van der Waals surface area (Å²) in [5.74, 6) is 0.807. The highest BCUT2D eigenvalue weighted by molar-refractivity contribution is 5.69. The number of carboxylic acid groups (broad SMARTS) is 1. The number of carboxylic acids is 1. The highest BCUT2D eigenvalue weighted by Crippen LogP contribution is 2.20. The average Bonchev–Trinajstić information content (AvgIpc) is 2.46. The normalized spacial score (nSPS) is 16.3. The Kier molecular flexibility index (Phi) is 12.3. The summed E-state index contributed by atoms with van der Waals surface area (Å²) in [7, 11) is 0. The quantitative estimate of drug-likeness (QED) is 0.396. The molecule has 0 rings (SSSR count). The van der Waals surface area contributed by atoms with Gasteiger partial charge in [-0.25, -0.2) is 0 Å². The Balaban J connectivity index is 3.69. The first-order chi connectivity index (χ1) is 10.4. The zero-order chi connectivity index (χ0) is 17.0. The van der Waals surface area contributed by atoms with Gasteiger partial charge >= 0.3 is 5.97 Å². The van der Waals surface area contributed by atoms with Crippen molar-refractivity contribution in [1.29, 1.82) is 0 Å². The minimum atomic E-state index is -0.683. The van der Waals surface area contributed by atoms with Crippen molar-refractivity contribution in [2.24, 2.45) is 17.8 Å². The average molecular weight is 311 g/mol. The standard InChI is InChI=1S/C20H38O2/c1-6-16(2)10-7-11-17(3)12-8-13-18(4)14-9-15-19(5)20(21)22/h14,16-17,19H,6-13,15H2,1-5H3,(H,21,22)/b18-14+. The maximum absolute atomic E-state index is 10.7. The Labute approximate surface area is 138 Å². The highest BCUT2D eigenvalue weighted by Gasteiger charge is 2.09. The number of hydrogen-bond donors (Lipinski definition) is 1. The Morgan fingerprint density at radius 3 is 2.18 bits per heavy atom. The molecule has 0 aromatic carbocycles. The maximum Gasteiger partial charge on any atom is 0.306 e. The zero-order valence-corrected chi connectivity index (χ0v) is 15.5. The molecule has 0 saturated heterocycles. The second kappa shape index (κ2) is 12.7. The van der Waals surface area contributed by atoms with Gasteiger partial charge in [-0.3, -0.25) is 4.79 Å². The molecule has 0 aromatic heterocycles. The summed E-state index contributed by atoms with van der Waals surface area (Å²) in [6.07, 6.45) is 13.0. The van der Waals surface area contributed by atoms with E-state index in [1.165, 1.54) is 44.1 Å². The van der Waals surface area contributed by atoms with Crippen LogP contribution in [0.15, 0.2) is 11.6 Å². The van der Waals surface area contributed by atoms with E-state index in [2.05, 4.69) is 33.8 Å². The topological polar surface area (TPSA) is 37.3 Å². The maximum atomic E-state index is 10.7. The first-order valence-electron chi connectivity index (χ1n) is 9.25. The van der Waals surface area contributed by atoms with Crippen molar-refractivity contribution in [2.75, 3.05) is 0 Å². The summed E-state index contributed by atoms with van der Waals surface area (Å²) in [6.45, 7) is 11.0. The molecule has 1 N–H and O–H groups in total. The Bertz CT molecular complexity index is 320. The van der Waals surface area contributed by atoms with Crippen LogP contribution in [0.5, 0.6) is 0 Å². The molecule has 130 valence electrons. The molecule has 0 aromatic rings. The molecule has 0 spiro atoms. The summed E-state index contributed by atoms with van der Waals surface area (Å²) in [6, 6.07) is 0. The predicted molar refractivity (Wildman–Crippen MR) is 96.1 cm³/mol. The molecule has 0 aliphatic rings. The lowest BCUT2D eigenvalue weighted by Gasteiger charge is -2.13. The van der Waals surface area contributed by atoms with E-state index in [0.29, 0.717) is 0 Å². The van der Waals surface area contributed by atoms with Crippen molar-refractivity contribution in [3.8, 4) is 0 Å². The molecule has 0 bridgehead atoms. The smallest absolute Gasteiger partial charge is 0.306 e. The molecular formula is C20H38O2. The van der Waals surface area contributed by atoms with Gasteiger partial charge in [-0.2, -0.15) is 0 Å². The molecule has 0 aliphatic carbocycles. The second-order valence-corrected chi connectivity index (χ2v) is 7.31. The van der Waals surface area contributed by atoms with E-state index in [1.54, 1.807) is 6.92 Å². The van der Waals surface area contributed by atoms with Crippen LogP contribution in [0.4, 0.5) is 0 Å². The van der Waals surface area contributed by atoms with Crippen molar-refractivity contribution < 1.29 is 9.90 Å². The van der Waals surface area contributed by atoms with E-state index in [1.807, 2.05) is 0 Å². The van der Waals surface area contributed by atoms with Gasteiger partial charge in [0.25, 0.3) is 0 Å². The molecule has 22 heavy (non-hydrogen) atoms. The van der Waals surface area contributed by atoms with Crippen molar-refractivity contribution in [2.45, 2.75) is 92.4 Å². The van der Waals surface area contributed by atoms with Gasteiger partial charge in [0.1, 0.15) is 0 Å². The van der Waals surface area contributed by atoms with E-state index in [4.69, 9.17) is 5.11 Å². The van der Waals surface area contributed by atoms with Gasteiger partial charge in [-0.15, -0.1) is 0 Å². The number of aliphatic carboxylic acids is 1. The molecule has 3 atom stereocenters. The number of allylic oxidation sites excluding steroid dienone is 2. The number of hydrogen-bond acceptors (Lipinski definition) is 1. The monoisotopic (exact) mass is 310 g/mol. The largest absolute Gasteiger partial charge is 0.481 e. The van der Waals surface area contributed by atoms with Crippen molar-refractivity contribution in [1.82, 2.24) is 0 Å². The lowest BCUT2D eigenvalue weighted by atomic mass is 9.93. The van der Waals surface area contributed by atoms with Crippen molar-refractivity contribution in [3.05, 3.63) is 11.6 Å². The fourth-order valence-electron chi connectivity index (χ4n) is 2.70. The third-order valence-corrected chi connectivity index (χ3v) is 4.87. The predicted octanol–water partition coefficient (Wildman–Crippen LogP) is 6.46. The molecule has 0 aliphatic heterocycles. The molecule has 0 fully saturated rings. The van der Waals surface area contributed by atoms with Crippen LogP contribution in [0.3, 0.4) is 0 Å². The summed E-state index contributed by atoms with van der Waals surface area (Å²) in [5, 5.41) is 8.85. The number of carbonyl (C=O) groups is 1. The molecule has 2 nitrogen and oxygen atoms in total. The third kappa shape index (κ3) is 11.8. The second-order valence-electron chi connectivity index (χ2n) is 7.31. The van der Waals surface area contributed by atoms with E-state index in [0.717, 1.165) is 31.1 Å². The van der Waals surface area contributed by atoms with E-state index >= 15 is 0 Å². The Morgan fingerprint density at radius 2 is 1.59 bits per heavy atom. The molecule has 0 amide bonds. The summed E-state index contributed by atoms with van der Waals surface area (Å²) < 4.78 is 0. The van der Waals surface area contributed by atoms with Gasteiger partial charge < -0.3 is 5.11 Å². The van der Waals surface area contributed by atoms with Gasteiger partial charge in [0.2, 0.25) is 0 Å². The molecule has 3 unspecified atom stereocenters. The van der Waals surface area contributed by atoms with Crippen LogP contribution in [0, 0.1) is 17.8 Å². The van der Waals surface area contributed by atoms with Crippen molar-refractivity contribution in [3.63, 3.8) is 0 Å². The highest BCUT2D eigenvalue weighted by atomic mass is 16.4. The summed E-state index contributed by atoms with van der Waals surface area (Å²) in [5.41, 5.74) is 1.42. The Hall–Kier alpha value is -0.790. The van der Waals surface area contributed by atoms with Crippen LogP contribution in [-0.2, 0) is 4.79 Å². The van der Waals surface area contributed by atoms with Crippen LogP contribution in [-0.4, -0.2) is 11.1 Å².